The van der Waals surface area contributed by atoms with E-state index in [0.717, 1.165) is 5.56 Å². The minimum atomic E-state index is -0.507. The summed E-state index contributed by atoms with van der Waals surface area (Å²) in [6, 6.07) is 11.4. The summed E-state index contributed by atoms with van der Waals surface area (Å²) in [6.07, 6.45) is 0. The van der Waals surface area contributed by atoms with E-state index < -0.39 is 11.4 Å². The van der Waals surface area contributed by atoms with E-state index in [1.165, 1.54) is 12.1 Å². The molecule has 0 saturated carbocycles. The minimum Gasteiger partial charge on any atom is -0.403 e. The molecule has 0 fully saturated rings. The Kier molecular flexibility index (Phi) is 2.63. The van der Waals surface area contributed by atoms with Crippen molar-refractivity contribution >= 4 is 10.9 Å². The summed E-state index contributed by atoms with van der Waals surface area (Å²) in [6.45, 7) is 1.88. The Morgan fingerprint density at radius 1 is 1.16 bits per heavy atom. The monoisotopic (exact) mass is 255 g/mol. The lowest BCUT2D eigenvalue weighted by atomic mass is 10.1. The smallest absolute Gasteiger partial charge is 0.347 e. The maximum atomic E-state index is 13.7. The van der Waals surface area contributed by atoms with Gasteiger partial charge >= 0.3 is 5.63 Å². The zero-order valence-electron chi connectivity index (χ0n) is 10.2. The van der Waals surface area contributed by atoms with Gasteiger partial charge in [-0.05, 0) is 31.2 Å². The Morgan fingerprint density at radius 3 is 2.74 bits per heavy atom. The van der Waals surface area contributed by atoms with Gasteiger partial charge in [-0.25, -0.2) is 14.2 Å². The van der Waals surface area contributed by atoms with Gasteiger partial charge in [-0.2, -0.15) is 0 Å². The largest absolute Gasteiger partial charge is 0.403 e. The molecule has 0 atom stereocenters. The third-order valence-electron chi connectivity index (χ3n) is 2.89. The summed E-state index contributed by atoms with van der Waals surface area (Å²) < 4.78 is 18.8. The van der Waals surface area contributed by atoms with Gasteiger partial charge in [0.2, 0.25) is 5.89 Å². The van der Waals surface area contributed by atoms with Crippen LogP contribution in [0.5, 0.6) is 0 Å². The third-order valence-corrected chi connectivity index (χ3v) is 2.89. The fourth-order valence-corrected chi connectivity index (χ4v) is 1.94. The quantitative estimate of drug-likeness (QED) is 0.670. The van der Waals surface area contributed by atoms with E-state index in [0.29, 0.717) is 10.9 Å². The van der Waals surface area contributed by atoms with Crippen LogP contribution in [-0.2, 0) is 0 Å². The summed E-state index contributed by atoms with van der Waals surface area (Å²) in [5, 5.41) is 0.403. The number of rotatable bonds is 1. The molecule has 0 saturated heterocycles. The molecule has 2 aromatic carbocycles. The standard InChI is InChI=1S/C15H10FNO2/c1-9-6-7-13-11(8-9)15(18)19-14(17-13)10-4-2-3-5-12(10)16/h2-8H,1H3. The molecule has 0 aliphatic carbocycles. The van der Waals surface area contributed by atoms with Crippen molar-refractivity contribution in [3.63, 3.8) is 0 Å². The summed E-state index contributed by atoms with van der Waals surface area (Å²) in [5.41, 5.74) is 1.12. The van der Waals surface area contributed by atoms with Gasteiger partial charge in [0.05, 0.1) is 16.5 Å². The van der Waals surface area contributed by atoms with Crippen molar-refractivity contribution in [2.75, 3.05) is 0 Å². The van der Waals surface area contributed by atoms with E-state index in [4.69, 9.17) is 4.42 Å². The molecule has 0 bridgehead atoms. The molecule has 3 aromatic rings. The first-order chi connectivity index (χ1) is 9.15. The second kappa shape index (κ2) is 4.31. The van der Waals surface area contributed by atoms with Crippen molar-refractivity contribution in [3.05, 3.63) is 64.3 Å². The topological polar surface area (TPSA) is 43.1 Å². The molecule has 19 heavy (non-hydrogen) atoms. The number of fused-ring (bicyclic) bond motifs is 1. The highest BCUT2D eigenvalue weighted by molar-refractivity contribution is 5.79. The predicted molar refractivity (Wildman–Crippen MR) is 70.4 cm³/mol. The van der Waals surface area contributed by atoms with Gasteiger partial charge in [-0.3, -0.25) is 0 Å². The van der Waals surface area contributed by atoms with Gasteiger partial charge in [0.15, 0.2) is 0 Å². The molecule has 94 valence electrons. The highest BCUT2D eigenvalue weighted by atomic mass is 19.1. The van der Waals surface area contributed by atoms with Gasteiger partial charge in [0, 0.05) is 0 Å². The van der Waals surface area contributed by atoms with Crippen molar-refractivity contribution in [2.24, 2.45) is 0 Å². The summed E-state index contributed by atoms with van der Waals surface area (Å²) in [5.74, 6) is -0.468. The van der Waals surface area contributed by atoms with Crippen LogP contribution < -0.4 is 5.63 Å². The Labute approximate surface area is 108 Å². The molecule has 1 heterocycles. The zero-order valence-corrected chi connectivity index (χ0v) is 10.2. The Hall–Kier alpha value is -2.49. The third kappa shape index (κ3) is 2.01. The van der Waals surface area contributed by atoms with E-state index in [9.17, 15) is 9.18 Å². The fraction of sp³-hybridized carbons (Fsp3) is 0.0667. The summed E-state index contributed by atoms with van der Waals surface area (Å²) in [7, 11) is 0. The molecule has 1 aromatic heterocycles. The molecule has 0 aliphatic rings. The maximum absolute atomic E-state index is 13.7. The van der Waals surface area contributed by atoms with Crippen LogP contribution >= 0.6 is 0 Å². The molecule has 0 aliphatic heterocycles. The van der Waals surface area contributed by atoms with Crippen LogP contribution in [0.25, 0.3) is 22.4 Å². The molecular formula is C15H10FNO2. The normalized spacial score (nSPS) is 10.8. The lowest BCUT2D eigenvalue weighted by molar-refractivity contribution is 0.511. The van der Waals surface area contributed by atoms with Crippen molar-refractivity contribution in [2.45, 2.75) is 6.92 Å². The highest BCUT2D eigenvalue weighted by Gasteiger charge is 2.11. The van der Waals surface area contributed by atoms with Crippen molar-refractivity contribution in [1.29, 1.82) is 0 Å². The summed E-state index contributed by atoms with van der Waals surface area (Å²) in [4.78, 5) is 16.1. The van der Waals surface area contributed by atoms with Gasteiger partial charge in [-0.1, -0.05) is 23.8 Å². The second-order valence-corrected chi connectivity index (χ2v) is 4.31. The zero-order chi connectivity index (χ0) is 13.4. The van der Waals surface area contributed by atoms with Crippen molar-refractivity contribution in [3.8, 4) is 11.5 Å². The van der Waals surface area contributed by atoms with Crippen LogP contribution in [0.4, 0.5) is 4.39 Å². The van der Waals surface area contributed by atoms with E-state index in [-0.39, 0.29) is 11.5 Å². The van der Waals surface area contributed by atoms with Crippen LogP contribution in [0.3, 0.4) is 0 Å². The Morgan fingerprint density at radius 2 is 1.95 bits per heavy atom. The molecule has 3 rings (SSSR count). The SMILES string of the molecule is Cc1ccc2nc(-c3ccccc3F)oc(=O)c2c1. The number of halogens is 1. The first-order valence-electron chi connectivity index (χ1n) is 5.81. The lowest BCUT2D eigenvalue weighted by Gasteiger charge is -2.03. The number of hydrogen-bond acceptors (Lipinski definition) is 3. The molecule has 4 heteroatoms. The van der Waals surface area contributed by atoms with Crippen LogP contribution in [0, 0.1) is 12.7 Å². The lowest BCUT2D eigenvalue weighted by Crippen LogP contribution is -2.03. The average Bonchev–Trinajstić information content (AvgIpc) is 2.40. The highest BCUT2D eigenvalue weighted by Crippen LogP contribution is 2.21. The van der Waals surface area contributed by atoms with Gasteiger partial charge in [0.25, 0.3) is 0 Å². The van der Waals surface area contributed by atoms with Crippen LogP contribution in [0.2, 0.25) is 0 Å². The van der Waals surface area contributed by atoms with Gasteiger partial charge in [0.1, 0.15) is 5.82 Å². The summed E-state index contributed by atoms with van der Waals surface area (Å²) >= 11 is 0. The van der Waals surface area contributed by atoms with Crippen LogP contribution in [0.15, 0.2) is 51.7 Å². The van der Waals surface area contributed by atoms with Gasteiger partial charge < -0.3 is 4.42 Å². The molecule has 3 nitrogen and oxygen atoms in total. The number of aromatic nitrogens is 1. The van der Waals surface area contributed by atoms with E-state index in [1.807, 2.05) is 13.0 Å². The average molecular weight is 255 g/mol. The van der Waals surface area contributed by atoms with E-state index in [2.05, 4.69) is 4.98 Å². The molecular weight excluding hydrogens is 245 g/mol. The molecule has 0 spiro atoms. The van der Waals surface area contributed by atoms with E-state index in [1.54, 1.807) is 24.3 Å². The minimum absolute atomic E-state index is 0.000506. The Balaban J connectivity index is 2.31. The number of hydrogen-bond donors (Lipinski definition) is 0. The molecule has 0 amide bonds. The predicted octanol–water partition coefficient (Wildman–Crippen LogP) is 3.30. The van der Waals surface area contributed by atoms with Gasteiger partial charge in [-0.15, -0.1) is 0 Å². The van der Waals surface area contributed by atoms with Crippen molar-refractivity contribution in [1.82, 2.24) is 4.98 Å². The van der Waals surface area contributed by atoms with Crippen LogP contribution in [0.1, 0.15) is 5.56 Å². The fourth-order valence-electron chi connectivity index (χ4n) is 1.94. The second-order valence-electron chi connectivity index (χ2n) is 4.31. The maximum Gasteiger partial charge on any atom is 0.347 e. The number of benzene rings is 2. The molecule has 0 N–H and O–H groups in total. The van der Waals surface area contributed by atoms with Crippen molar-refractivity contribution < 1.29 is 8.81 Å². The van der Waals surface area contributed by atoms with Crippen LogP contribution in [-0.4, -0.2) is 4.98 Å². The molecule has 0 unspecified atom stereocenters. The molecule has 0 radical (unpaired) electrons. The first kappa shape index (κ1) is 11.6. The number of aryl methyl sites for hydroxylation is 1. The Bertz CT molecular complexity index is 824. The number of nitrogens with zero attached hydrogens (tertiary/aromatic N) is 1. The van der Waals surface area contributed by atoms with E-state index >= 15 is 0 Å². The first-order valence-corrected chi connectivity index (χ1v) is 5.81.